The molecule has 1 fully saturated rings. The zero-order chi connectivity index (χ0) is 17.1. The molecule has 0 aromatic heterocycles. The molecule has 0 aliphatic carbocycles. The smallest absolute Gasteiger partial charge is 0.227 e. The van der Waals surface area contributed by atoms with Gasteiger partial charge in [-0.05, 0) is 37.1 Å². The third-order valence-corrected chi connectivity index (χ3v) is 5.09. The minimum absolute atomic E-state index is 0.0765. The number of para-hydroxylation sites is 1. The van der Waals surface area contributed by atoms with Gasteiger partial charge in [0.25, 0.3) is 0 Å². The number of halogens is 3. The molecule has 3 nitrogen and oxygen atoms in total. The van der Waals surface area contributed by atoms with Crippen LogP contribution in [0, 0.1) is 11.7 Å². The Labute approximate surface area is 150 Å². The maximum Gasteiger partial charge on any atom is 0.227 e. The molecule has 0 bridgehead atoms. The summed E-state index contributed by atoms with van der Waals surface area (Å²) in [6.45, 7) is 1.28. The molecular formula is C18H17Cl2FN2O. The second-order valence-electron chi connectivity index (χ2n) is 5.80. The lowest BCUT2D eigenvalue weighted by Gasteiger charge is -2.33. The third kappa shape index (κ3) is 3.65. The summed E-state index contributed by atoms with van der Waals surface area (Å²) in [6, 6.07) is 11.8. The summed E-state index contributed by atoms with van der Waals surface area (Å²) in [5.41, 5.74) is 1.11. The molecule has 1 amide bonds. The van der Waals surface area contributed by atoms with Crippen molar-refractivity contribution in [1.29, 1.82) is 0 Å². The summed E-state index contributed by atoms with van der Waals surface area (Å²) in [7, 11) is 0. The van der Waals surface area contributed by atoms with E-state index in [2.05, 4.69) is 5.32 Å². The molecule has 1 saturated heterocycles. The summed E-state index contributed by atoms with van der Waals surface area (Å²) in [5, 5.41) is 3.59. The topological polar surface area (TPSA) is 32.3 Å². The average Bonchev–Trinajstić information content (AvgIpc) is 2.59. The van der Waals surface area contributed by atoms with Crippen molar-refractivity contribution in [2.45, 2.75) is 12.8 Å². The van der Waals surface area contributed by atoms with E-state index < -0.39 is 0 Å². The zero-order valence-corrected chi connectivity index (χ0v) is 14.4. The van der Waals surface area contributed by atoms with Gasteiger partial charge >= 0.3 is 0 Å². The van der Waals surface area contributed by atoms with Gasteiger partial charge < -0.3 is 10.2 Å². The standard InChI is InChI=1S/C18H17Cl2FN2O/c19-13-4-3-6-15(17(13)20)22-18(24)12-8-10-23(11-9-12)16-7-2-1-5-14(16)21/h1-7,12H,8-11H2,(H,22,24). The first kappa shape index (κ1) is 17.1. The average molecular weight is 367 g/mol. The van der Waals surface area contributed by atoms with E-state index in [1.807, 2.05) is 11.0 Å². The lowest BCUT2D eigenvalue weighted by molar-refractivity contribution is -0.120. The van der Waals surface area contributed by atoms with E-state index in [4.69, 9.17) is 23.2 Å². The number of nitrogens with one attached hydrogen (secondary N) is 1. The minimum Gasteiger partial charge on any atom is -0.369 e. The minimum atomic E-state index is -0.230. The Hall–Kier alpha value is -1.78. The van der Waals surface area contributed by atoms with Crippen molar-refractivity contribution >= 4 is 40.5 Å². The van der Waals surface area contributed by atoms with E-state index in [9.17, 15) is 9.18 Å². The van der Waals surface area contributed by atoms with Crippen LogP contribution < -0.4 is 10.2 Å². The maximum atomic E-state index is 13.9. The summed E-state index contributed by atoms with van der Waals surface area (Å²) in [6.07, 6.45) is 1.33. The van der Waals surface area contributed by atoms with Gasteiger partial charge in [0.05, 0.1) is 21.4 Å². The van der Waals surface area contributed by atoms with Gasteiger partial charge in [-0.3, -0.25) is 4.79 Å². The first-order valence-corrected chi connectivity index (χ1v) is 8.56. The number of carbonyl (C=O) groups is 1. The largest absolute Gasteiger partial charge is 0.369 e. The predicted molar refractivity (Wildman–Crippen MR) is 96.4 cm³/mol. The highest BCUT2D eigenvalue weighted by Gasteiger charge is 2.26. The van der Waals surface area contributed by atoms with Gasteiger partial charge in [-0.2, -0.15) is 0 Å². The van der Waals surface area contributed by atoms with E-state index >= 15 is 0 Å². The highest BCUT2D eigenvalue weighted by molar-refractivity contribution is 6.44. The maximum absolute atomic E-state index is 13.9. The van der Waals surface area contributed by atoms with Crippen LogP contribution in [0.25, 0.3) is 0 Å². The van der Waals surface area contributed by atoms with Gasteiger partial charge in [0, 0.05) is 19.0 Å². The van der Waals surface area contributed by atoms with Crippen LogP contribution in [0.2, 0.25) is 10.0 Å². The van der Waals surface area contributed by atoms with E-state index in [0.717, 1.165) is 0 Å². The van der Waals surface area contributed by atoms with Crippen LogP contribution in [0.4, 0.5) is 15.8 Å². The molecular weight excluding hydrogens is 350 g/mol. The number of hydrogen-bond acceptors (Lipinski definition) is 2. The molecule has 3 rings (SSSR count). The van der Waals surface area contributed by atoms with Gasteiger partial charge in [0.1, 0.15) is 5.82 Å². The van der Waals surface area contributed by atoms with Crippen molar-refractivity contribution in [2.24, 2.45) is 5.92 Å². The highest BCUT2D eigenvalue weighted by atomic mass is 35.5. The molecule has 2 aromatic carbocycles. The Bertz CT molecular complexity index is 746. The summed E-state index contributed by atoms with van der Waals surface area (Å²) in [5.74, 6) is -0.429. The fraction of sp³-hybridized carbons (Fsp3) is 0.278. The Morgan fingerprint density at radius 3 is 2.50 bits per heavy atom. The molecule has 1 aliphatic rings. The number of anilines is 2. The van der Waals surface area contributed by atoms with Crippen molar-refractivity contribution in [1.82, 2.24) is 0 Å². The Morgan fingerprint density at radius 2 is 1.79 bits per heavy atom. The summed E-state index contributed by atoms with van der Waals surface area (Å²) >= 11 is 12.1. The predicted octanol–water partition coefficient (Wildman–Crippen LogP) is 4.99. The van der Waals surface area contributed by atoms with Crippen LogP contribution in [0.5, 0.6) is 0 Å². The van der Waals surface area contributed by atoms with Crippen LogP contribution in [0.15, 0.2) is 42.5 Å². The van der Waals surface area contributed by atoms with Crippen LogP contribution in [-0.4, -0.2) is 19.0 Å². The van der Waals surface area contributed by atoms with Crippen LogP contribution >= 0.6 is 23.2 Å². The molecule has 0 saturated carbocycles. The monoisotopic (exact) mass is 366 g/mol. The van der Waals surface area contributed by atoms with Gasteiger partial charge in [-0.15, -0.1) is 0 Å². The molecule has 1 heterocycles. The molecule has 24 heavy (non-hydrogen) atoms. The van der Waals surface area contributed by atoms with Crippen molar-refractivity contribution < 1.29 is 9.18 Å². The van der Waals surface area contributed by atoms with Crippen molar-refractivity contribution in [3.8, 4) is 0 Å². The number of amides is 1. The van der Waals surface area contributed by atoms with Gasteiger partial charge in [0.2, 0.25) is 5.91 Å². The van der Waals surface area contributed by atoms with Gasteiger partial charge in [-0.25, -0.2) is 4.39 Å². The van der Waals surface area contributed by atoms with Gasteiger partial charge in [0.15, 0.2) is 0 Å². The molecule has 1 N–H and O–H groups in total. The second-order valence-corrected chi connectivity index (χ2v) is 6.59. The first-order valence-electron chi connectivity index (χ1n) is 7.80. The second kappa shape index (κ2) is 7.41. The molecule has 1 aliphatic heterocycles. The Morgan fingerprint density at radius 1 is 1.08 bits per heavy atom. The van der Waals surface area contributed by atoms with E-state index in [-0.39, 0.29) is 17.6 Å². The van der Waals surface area contributed by atoms with E-state index in [0.29, 0.717) is 47.4 Å². The molecule has 0 radical (unpaired) electrons. The molecule has 2 aromatic rings. The molecule has 126 valence electrons. The van der Waals surface area contributed by atoms with Crippen LogP contribution in [-0.2, 0) is 4.79 Å². The number of carbonyl (C=O) groups excluding carboxylic acids is 1. The number of nitrogens with zero attached hydrogens (tertiary/aromatic N) is 1. The fourth-order valence-corrected chi connectivity index (χ4v) is 3.27. The van der Waals surface area contributed by atoms with Crippen LogP contribution in [0.3, 0.4) is 0 Å². The number of benzene rings is 2. The number of hydrogen-bond donors (Lipinski definition) is 1. The SMILES string of the molecule is O=C(Nc1cccc(Cl)c1Cl)C1CCN(c2ccccc2F)CC1. The number of piperidine rings is 1. The van der Waals surface area contributed by atoms with Gasteiger partial charge in [-0.1, -0.05) is 41.4 Å². The molecule has 0 spiro atoms. The zero-order valence-electron chi connectivity index (χ0n) is 12.9. The van der Waals surface area contributed by atoms with Crippen molar-refractivity contribution in [2.75, 3.05) is 23.3 Å². The highest BCUT2D eigenvalue weighted by Crippen LogP contribution is 2.31. The fourth-order valence-electron chi connectivity index (χ4n) is 2.93. The summed E-state index contributed by atoms with van der Waals surface area (Å²) in [4.78, 5) is 14.4. The van der Waals surface area contributed by atoms with Crippen LogP contribution in [0.1, 0.15) is 12.8 Å². The first-order chi connectivity index (χ1) is 11.6. The normalized spacial score (nSPS) is 15.4. The van der Waals surface area contributed by atoms with Crippen molar-refractivity contribution in [3.63, 3.8) is 0 Å². The lowest BCUT2D eigenvalue weighted by atomic mass is 9.95. The molecule has 0 atom stereocenters. The van der Waals surface area contributed by atoms with E-state index in [1.165, 1.54) is 6.07 Å². The van der Waals surface area contributed by atoms with E-state index in [1.54, 1.807) is 30.3 Å². The number of rotatable bonds is 3. The lowest BCUT2D eigenvalue weighted by Crippen LogP contribution is -2.38. The Kier molecular flexibility index (Phi) is 5.27. The van der Waals surface area contributed by atoms with Crippen molar-refractivity contribution in [3.05, 3.63) is 58.3 Å². The third-order valence-electron chi connectivity index (χ3n) is 4.27. The summed E-state index contributed by atoms with van der Waals surface area (Å²) < 4.78 is 13.9. The molecule has 0 unspecified atom stereocenters. The quantitative estimate of drug-likeness (QED) is 0.829. The molecule has 6 heteroatoms. The Balaban J connectivity index is 1.61.